The summed E-state index contributed by atoms with van der Waals surface area (Å²) in [6, 6.07) is 3.96. The highest BCUT2D eigenvalue weighted by Crippen LogP contribution is 2.37. The standard InChI is InChI=1S/C21H27N3O2S2/c1-3-26-20(25)18-16-8-6-4-5-7-9-17(16)28-19(18)24-21(27)23-14(2)15-10-12-22-13-11-15/h10-14H,3-9H2,1-2H3,(H2,23,24,27)/t14-/m1/s1. The van der Waals surface area contributed by atoms with E-state index in [0.717, 1.165) is 41.8 Å². The maximum absolute atomic E-state index is 12.7. The Balaban J connectivity index is 1.80. The van der Waals surface area contributed by atoms with Gasteiger partial charge in [0.2, 0.25) is 0 Å². The molecule has 0 radical (unpaired) electrons. The summed E-state index contributed by atoms with van der Waals surface area (Å²) in [7, 11) is 0. The number of carbonyl (C=O) groups excluding carboxylic acids is 1. The third-order valence-electron chi connectivity index (χ3n) is 4.93. The zero-order valence-electron chi connectivity index (χ0n) is 16.4. The molecule has 5 nitrogen and oxygen atoms in total. The van der Waals surface area contributed by atoms with Crippen LogP contribution in [-0.4, -0.2) is 22.7 Å². The molecule has 2 aromatic rings. The zero-order valence-corrected chi connectivity index (χ0v) is 18.0. The number of aromatic nitrogens is 1. The van der Waals surface area contributed by atoms with Crippen molar-refractivity contribution in [3.05, 3.63) is 46.1 Å². The molecule has 0 aliphatic heterocycles. The first-order valence-corrected chi connectivity index (χ1v) is 11.1. The van der Waals surface area contributed by atoms with Crippen LogP contribution < -0.4 is 10.6 Å². The second kappa shape index (κ2) is 9.98. The van der Waals surface area contributed by atoms with E-state index in [1.807, 2.05) is 26.0 Å². The van der Waals surface area contributed by atoms with Crippen LogP contribution in [0.5, 0.6) is 0 Å². The summed E-state index contributed by atoms with van der Waals surface area (Å²) in [5, 5.41) is 7.87. The number of nitrogens with zero attached hydrogens (tertiary/aromatic N) is 1. The highest BCUT2D eigenvalue weighted by Gasteiger charge is 2.25. The molecule has 0 spiro atoms. The van der Waals surface area contributed by atoms with E-state index in [9.17, 15) is 4.79 Å². The van der Waals surface area contributed by atoms with Gasteiger partial charge in [0.15, 0.2) is 5.11 Å². The summed E-state index contributed by atoms with van der Waals surface area (Å²) in [6.45, 7) is 4.25. The molecule has 3 rings (SSSR count). The van der Waals surface area contributed by atoms with Crippen LogP contribution in [0.25, 0.3) is 0 Å². The Bertz CT molecular complexity index is 821. The van der Waals surface area contributed by atoms with Gasteiger partial charge in [-0.05, 0) is 75.0 Å². The quantitative estimate of drug-likeness (QED) is 0.526. The maximum atomic E-state index is 12.7. The number of pyridine rings is 1. The molecular formula is C21H27N3O2S2. The summed E-state index contributed by atoms with van der Waals surface area (Å²) < 4.78 is 5.35. The fourth-order valence-corrected chi connectivity index (χ4v) is 5.12. The van der Waals surface area contributed by atoms with Crippen molar-refractivity contribution in [2.24, 2.45) is 0 Å². The Morgan fingerprint density at radius 2 is 1.96 bits per heavy atom. The van der Waals surface area contributed by atoms with Gasteiger partial charge in [0.25, 0.3) is 0 Å². The van der Waals surface area contributed by atoms with Gasteiger partial charge in [-0.2, -0.15) is 0 Å². The number of esters is 1. The average molecular weight is 418 g/mol. The number of anilines is 1. The normalized spacial score (nSPS) is 14.9. The van der Waals surface area contributed by atoms with Crippen LogP contribution in [0, 0.1) is 0 Å². The number of hydrogen-bond acceptors (Lipinski definition) is 5. The monoisotopic (exact) mass is 417 g/mol. The number of hydrogen-bond donors (Lipinski definition) is 2. The topological polar surface area (TPSA) is 63.2 Å². The Hall–Kier alpha value is -1.99. The van der Waals surface area contributed by atoms with Crippen molar-refractivity contribution < 1.29 is 9.53 Å². The molecule has 1 aliphatic rings. The van der Waals surface area contributed by atoms with Gasteiger partial charge >= 0.3 is 5.97 Å². The van der Waals surface area contributed by atoms with Gasteiger partial charge in [-0.15, -0.1) is 11.3 Å². The molecule has 2 aromatic heterocycles. The molecule has 2 N–H and O–H groups in total. The van der Waals surface area contributed by atoms with Crippen molar-refractivity contribution >= 4 is 39.6 Å². The highest BCUT2D eigenvalue weighted by atomic mass is 32.1. The van der Waals surface area contributed by atoms with Crippen LogP contribution in [0.1, 0.15) is 71.9 Å². The molecule has 28 heavy (non-hydrogen) atoms. The number of aryl methyl sites for hydroxylation is 1. The molecule has 0 bridgehead atoms. The first-order chi connectivity index (χ1) is 13.6. The predicted octanol–water partition coefficient (Wildman–Crippen LogP) is 5.03. The van der Waals surface area contributed by atoms with Crippen molar-refractivity contribution in [2.75, 3.05) is 11.9 Å². The largest absolute Gasteiger partial charge is 0.462 e. The van der Waals surface area contributed by atoms with Gasteiger partial charge in [0.05, 0.1) is 18.2 Å². The summed E-state index contributed by atoms with van der Waals surface area (Å²) in [5.41, 5.74) is 2.92. The smallest absolute Gasteiger partial charge is 0.341 e. The van der Waals surface area contributed by atoms with Crippen LogP contribution in [0.15, 0.2) is 24.5 Å². The summed E-state index contributed by atoms with van der Waals surface area (Å²) >= 11 is 7.17. The minimum absolute atomic E-state index is 0.0371. The van der Waals surface area contributed by atoms with Crippen LogP contribution >= 0.6 is 23.6 Å². The van der Waals surface area contributed by atoms with Gasteiger partial charge in [0, 0.05) is 17.3 Å². The Morgan fingerprint density at radius 1 is 1.25 bits per heavy atom. The Morgan fingerprint density at radius 3 is 2.68 bits per heavy atom. The second-order valence-corrected chi connectivity index (χ2v) is 8.46. The van der Waals surface area contributed by atoms with Crippen molar-refractivity contribution in [1.29, 1.82) is 0 Å². The lowest BCUT2D eigenvalue weighted by Gasteiger charge is -2.17. The van der Waals surface area contributed by atoms with E-state index in [1.165, 1.54) is 17.7 Å². The lowest BCUT2D eigenvalue weighted by Crippen LogP contribution is -2.31. The Labute approximate surface area is 175 Å². The van der Waals surface area contributed by atoms with Crippen LogP contribution in [0.4, 0.5) is 5.00 Å². The third kappa shape index (κ3) is 5.08. The van der Waals surface area contributed by atoms with Crippen molar-refractivity contribution in [3.8, 4) is 0 Å². The summed E-state index contributed by atoms with van der Waals surface area (Å²) in [6.07, 6.45) is 10.2. The van der Waals surface area contributed by atoms with Gasteiger partial charge in [-0.1, -0.05) is 12.8 Å². The van der Waals surface area contributed by atoms with Crippen LogP contribution in [-0.2, 0) is 17.6 Å². The first kappa shape index (κ1) is 20.7. The lowest BCUT2D eigenvalue weighted by atomic mass is 9.96. The van der Waals surface area contributed by atoms with Crippen LogP contribution in [0.2, 0.25) is 0 Å². The zero-order chi connectivity index (χ0) is 19.9. The van der Waals surface area contributed by atoms with E-state index in [-0.39, 0.29) is 12.0 Å². The maximum Gasteiger partial charge on any atom is 0.341 e. The SMILES string of the molecule is CCOC(=O)c1c(NC(=S)N[C@H](C)c2ccncc2)sc2c1CCCCCC2. The number of nitrogens with one attached hydrogen (secondary N) is 2. The van der Waals surface area contributed by atoms with Crippen molar-refractivity contribution in [1.82, 2.24) is 10.3 Å². The fraction of sp³-hybridized carbons (Fsp3) is 0.476. The molecule has 0 aromatic carbocycles. The molecular weight excluding hydrogens is 390 g/mol. The predicted molar refractivity (Wildman–Crippen MR) is 118 cm³/mol. The average Bonchev–Trinajstić information content (AvgIpc) is 2.98. The highest BCUT2D eigenvalue weighted by molar-refractivity contribution is 7.80. The molecule has 7 heteroatoms. The number of rotatable bonds is 5. The van der Waals surface area contributed by atoms with Gasteiger partial charge in [-0.25, -0.2) is 4.79 Å². The molecule has 0 saturated carbocycles. The van der Waals surface area contributed by atoms with Crippen molar-refractivity contribution in [3.63, 3.8) is 0 Å². The van der Waals surface area contributed by atoms with E-state index in [4.69, 9.17) is 17.0 Å². The number of thiophene rings is 1. The minimum Gasteiger partial charge on any atom is -0.462 e. The van der Waals surface area contributed by atoms with E-state index >= 15 is 0 Å². The molecule has 1 aliphatic carbocycles. The lowest BCUT2D eigenvalue weighted by molar-refractivity contribution is 0.0526. The van der Waals surface area contributed by atoms with E-state index in [2.05, 4.69) is 15.6 Å². The van der Waals surface area contributed by atoms with Gasteiger partial charge < -0.3 is 15.4 Å². The molecule has 1 atom stereocenters. The first-order valence-electron chi connectivity index (χ1n) is 9.89. The molecule has 0 unspecified atom stereocenters. The number of fused-ring (bicyclic) bond motifs is 1. The van der Waals surface area contributed by atoms with Gasteiger partial charge in [0.1, 0.15) is 5.00 Å². The van der Waals surface area contributed by atoms with E-state index in [0.29, 0.717) is 17.3 Å². The number of carbonyl (C=O) groups is 1. The fourth-order valence-electron chi connectivity index (χ4n) is 3.50. The summed E-state index contributed by atoms with van der Waals surface area (Å²) in [4.78, 5) is 18.0. The molecule has 0 amide bonds. The number of ether oxygens (including phenoxy) is 1. The van der Waals surface area contributed by atoms with Gasteiger partial charge in [-0.3, -0.25) is 4.98 Å². The van der Waals surface area contributed by atoms with Crippen molar-refractivity contribution in [2.45, 2.75) is 58.4 Å². The van der Waals surface area contributed by atoms with E-state index < -0.39 is 0 Å². The Kier molecular flexibility index (Phi) is 7.39. The molecule has 2 heterocycles. The molecule has 150 valence electrons. The molecule has 0 saturated heterocycles. The van der Waals surface area contributed by atoms with Crippen LogP contribution in [0.3, 0.4) is 0 Å². The second-order valence-electron chi connectivity index (χ2n) is 6.94. The third-order valence-corrected chi connectivity index (χ3v) is 6.36. The number of thiocarbonyl (C=S) groups is 1. The molecule has 0 fully saturated rings. The van der Waals surface area contributed by atoms with E-state index in [1.54, 1.807) is 23.7 Å². The summed E-state index contributed by atoms with van der Waals surface area (Å²) in [5.74, 6) is -0.256. The minimum atomic E-state index is -0.256.